The maximum Gasteiger partial charge on any atom is 0.343 e. The SMILES string of the molecule is CCOC(=O)c1cnn(-c2ccccc2)c1NC(=O)c1ccc(N2CCCC2)c([N+](=O)[O-])c1. The Bertz CT molecular complexity index is 1190. The van der Waals surface area contributed by atoms with Gasteiger partial charge in [0.15, 0.2) is 5.82 Å². The average molecular weight is 449 g/mol. The molecule has 2 aromatic carbocycles. The van der Waals surface area contributed by atoms with E-state index in [0.717, 1.165) is 25.9 Å². The fourth-order valence-corrected chi connectivity index (χ4v) is 3.81. The summed E-state index contributed by atoms with van der Waals surface area (Å²) >= 11 is 0. The second-order valence-corrected chi connectivity index (χ2v) is 7.48. The smallest absolute Gasteiger partial charge is 0.343 e. The lowest BCUT2D eigenvalue weighted by Crippen LogP contribution is -2.21. The minimum absolute atomic E-state index is 0.0808. The number of amides is 1. The van der Waals surface area contributed by atoms with Gasteiger partial charge in [0.2, 0.25) is 0 Å². The predicted octanol–water partition coefficient (Wildman–Crippen LogP) is 3.81. The molecule has 1 aliphatic heterocycles. The van der Waals surface area contributed by atoms with Crippen LogP contribution in [0, 0.1) is 10.1 Å². The lowest BCUT2D eigenvalue weighted by atomic mass is 10.1. The summed E-state index contributed by atoms with van der Waals surface area (Å²) < 4.78 is 6.50. The molecule has 1 fully saturated rings. The van der Waals surface area contributed by atoms with Gasteiger partial charge in [0, 0.05) is 24.7 Å². The summed E-state index contributed by atoms with van der Waals surface area (Å²) in [7, 11) is 0. The van der Waals surface area contributed by atoms with E-state index in [2.05, 4.69) is 10.4 Å². The number of anilines is 2. The molecule has 33 heavy (non-hydrogen) atoms. The van der Waals surface area contributed by atoms with Crippen LogP contribution in [0.5, 0.6) is 0 Å². The molecule has 0 bridgehead atoms. The largest absolute Gasteiger partial charge is 0.462 e. The highest BCUT2D eigenvalue weighted by Gasteiger charge is 2.26. The highest BCUT2D eigenvalue weighted by atomic mass is 16.6. The molecule has 0 radical (unpaired) electrons. The van der Waals surface area contributed by atoms with Gasteiger partial charge in [-0.1, -0.05) is 18.2 Å². The Labute approximate surface area is 189 Å². The van der Waals surface area contributed by atoms with E-state index < -0.39 is 16.8 Å². The molecule has 1 N–H and O–H groups in total. The maximum absolute atomic E-state index is 13.1. The molecule has 1 aromatic heterocycles. The van der Waals surface area contributed by atoms with Gasteiger partial charge in [-0.05, 0) is 44.0 Å². The average Bonchev–Trinajstić information content (AvgIpc) is 3.50. The van der Waals surface area contributed by atoms with Crippen molar-refractivity contribution in [3.05, 3.63) is 76.0 Å². The number of nitro groups is 1. The first-order valence-corrected chi connectivity index (χ1v) is 10.6. The highest BCUT2D eigenvalue weighted by Crippen LogP contribution is 2.32. The Morgan fingerprint density at radius 3 is 2.55 bits per heavy atom. The van der Waals surface area contributed by atoms with Gasteiger partial charge < -0.3 is 15.0 Å². The van der Waals surface area contributed by atoms with Gasteiger partial charge in [-0.2, -0.15) is 5.10 Å². The number of para-hydroxylation sites is 1. The van der Waals surface area contributed by atoms with Crippen LogP contribution >= 0.6 is 0 Å². The van der Waals surface area contributed by atoms with E-state index in [0.29, 0.717) is 11.4 Å². The Hall–Kier alpha value is -4.21. The number of carbonyl (C=O) groups is 2. The molecule has 10 nitrogen and oxygen atoms in total. The van der Waals surface area contributed by atoms with Crippen molar-refractivity contribution < 1.29 is 19.2 Å². The van der Waals surface area contributed by atoms with Gasteiger partial charge in [-0.3, -0.25) is 14.9 Å². The van der Waals surface area contributed by atoms with E-state index in [1.807, 2.05) is 11.0 Å². The molecule has 3 aromatic rings. The number of nitrogens with zero attached hydrogens (tertiary/aromatic N) is 4. The van der Waals surface area contributed by atoms with Crippen molar-refractivity contribution in [2.45, 2.75) is 19.8 Å². The molecule has 1 saturated heterocycles. The second-order valence-electron chi connectivity index (χ2n) is 7.48. The molecule has 0 saturated carbocycles. The van der Waals surface area contributed by atoms with E-state index in [1.54, 1.807) is 43.3 Å². The summed E-state index contributed by atoms with van der Waals surface area (Å²) in [4.78, 5) is 38.7. The van der Waals surface area contributed by atoms with E-state index >= 15 is 0 Å². The molecule has 2 heterocycles. The van der Waals surface area contributed by atoms with Gasteiger partial charge in [0.25, 0.3) is 11.6 Å². The highest BCUT2D eigenvalue weighted by molar-refractivity contribution is 6.08. The third-order valence-electron chi connectivity index (χ3n) is 5.38. The van der Waals surface area contributed by atoms with Crippen LogP contribution < -0.4 is 10.2 Å². The molecule has 0 unspecified atom stereocenters. The van der Waals surface area contributed by atoms with Gasteiger partial charge in [0.1, 0.15) is 11.3 Å². The van der Waals surface area contributed by atoms with Crippen LogP contribution in [0.3, 0.4) is 0 Å². The van der Waals surface area contributed by atoms with Crippen LogP contribution in [0.25, 0.3) is 5.69 Å². The fraction of sp³-hybridized carbons (Fsp3) is 0.261. The Balaban J connectivity index is 1.69. The molecule has 1 aliphatic rings. The molecular formula is C23H23N5O5. The number of aromatic nitrogens is 2. The first-order valence-electron chi connectivity index (χ1n) is 10.6. The number of rotatable bonds is 7. The number of carbonyl (C=O) groups excluding carboxylic acids is 2. The molecule has 4 rings (SSSR count). The summed E-state index contributed by atoms with van der Waals surface area (Å²) in [5.74, 6) is -1.12. The number of nitrogens with one attached hydrogen (secondary N) is 1. The van der Waals surface area contributed by atoms with Gasteiger partial charge in [0.05, 0.1) is 23.4 Å². The maximum atomic E-state index is 13.1. The van der Waals surface area contributed by atoms with Crippen molar-refractivity contribution >= 4 is 29.1 Å². The lowest BCUT2D eigenvalue weighted by Gasteiger charge is -2.18. The zero-order valence-corrected chi connectivity index (χ0v) is 18.1. The first-order chi connectivity index (χ1) is 16.0. The van der Waals surface area contributed by atoms with Gasteiger partial charge in [-0.25, -0.2) is 9.48 Å². The first kappa shape index (κ1) is 22.0. The fourth-order valence-electron chi connectivity index (χ4n) is 3.81. The van der Waals surface area contributed by atoms with E-state index in [-0.39, 0.29) is 29.2 Å². The van der Waals surface area contributed by atoms with Crippen LogP contribution in [0.4, 0.5) is 17.2 Å². The van der Waals surface area contributed by atoms with Crippen molar-refractivity contribution in [3.8, 4) is 5.69 Å². The normalized spacial score (nSPS) is 13.1. The summed E-state index contributed by atoms with van der Waals surface area (Å²) in [6.45, 7) is 3.32. The van der Waals surface area contributed by atoms with E-state index in [1.165, 1.54) is 16.9 Å². The number of ether oxygens (including phenoxy) is 1. The number of benzene rings is 2. The van der Waals surface area contributed by atoms with E-state index in [9.17, 15) is 19.7 Å². The van der Waals surface area contributed by atoms with Crippen molar-refractivity contribution in [1.29, 1.82) is 0 Å². The minimum Gasteiger partial charge on any atom is -0.462 e. The zero-order chi connectivity index (χ0) is 23.4. The summed E-state index contributed by atoms with van der Waals surface area (Å²) in [5, 5.41) is 18.6. The molecule has 0 aliphatic carbocycles. The Morgan fingerprint density at radius 1 is 1.15 bits per heavy atom. The summed E-state index contributed by atoms with van der Waals surface area (Å²) in [6.07, 6.45) is 3.26. The van der Waals surface area contributed by atoms with Crippen molar-refractivity contribution in [1.82, 2.24) is 9.78 Å². The van der Waals surface area contributed by atoms with Crippen molar-refractivity contribution in [3.63, 3.8) is 0 Å². The van der Waals surface area contributed by atoms with Gasteiger partial charge >= 0.3 is 5.97 Å². The van der Waals surface area contributed by atoms with Crippen LogP contribution in [-0.4, -0.2) is 46.3 Å². The quantitative estimate of drug-likeness (QED) is 0.331. The summed E-state index contributed by atoms with van der Waals surface area (Å²) in [6, 6.07) is 13.4. The van der Waals surface area contributed by atoms with E-state index in [4.69, 9.17) is 4.74 Å². The second kappa shape index (κ2) is 9.51. The number of hydrogen-bond acceptors (Lipinski definition) is 7. The molecule has 170 valence electrons. The lowest BCUT2D eigenvalue weighted by molar-refractivity contribution is -0.384. The molecule has 0 atom stereocenters. The van der Waals surface area contributed by atoms with Crippen molar-refractivity contribution in [2.24, 2.45) is 0 Å². The Kier molecular flexibility index (Phi) is 6.34. The number of nitro benzene ring substituents is 1. The van der Waals surface area contributed by atoms with Crippen LogP contribution in [0.1, 0.15) is 40.5 Å². The molecule has 0 spiro atoms. The van der Waals surface area contributed by atoms with Crippen LogP contribution in [0.15, 0.2) is 54.7 Å². The third-order valence-corrected chi connectivity index (χ3v) is 5.38. The van der Waals surface area contributed by atoms with Crippen LogP contribution in [-0.2, 0) is 4.74 Å². The molecular weight excluding hydrogens is 426 g/mol. The third kappa shape index (κ3) is 4.54. The zero-order valence-electron chi connectivity index (χ0n) is 18.1. The van der Waals surface area contributed by atoms with Crippen molar-refractivity contribution in [2.75, 3.05) is 29.9 Å². The monoisotopic (exact) mass is 449 g/mol. The molecule has 1 amide bonds. The minimum atomic E-state index is -0.634. The Morgan fingerprint density at radius 2 is 1.88 bits per heavy atom. The van der Waals surface area contributed by atoms with Gasteiger partial charge in [-0.15, -0.1) is 0 Å². The van der Waals surface area contributed by atoms with Crippen LogP contribution in [0.2, 0.25) is 0 Å². The predicted molar refractivity (Wildman–Crippen MR) is 122 cm³/mol. The standard InChI is InChI=1S/C23H23N5O5/c1-2-33-23(30)18-15-24-27(17-8-4-3-5-9-17)21(18)25-22(29)16-10-11-19(20(14-16)28(31)32)26-12-6-7-13-26/h3-5,8-11,14-15H,2,6-7,12-13H2,1H3,(H,25,29). The topological polar surface area (TPSA) is 120 Å². The molecule has 10 heteroatoms. The summed E-state index contributed by atoms with van der Waals surface area (Å²) in [5.41, 5.74) is 1.17. The number of esters is 1. The number of hydrogen-bond donors (Lipinski definition) is 1.